The van der Waals surface area contributed by atoms with Crippen LogP contribution in [0.25, 0.3) is 22.3 Å². The lowest BCUT2D eigenvalue weighted by atomic mass is 9.99. The van der Waals surface area contributed by atoms with Crippen molar-refractivity contribution < 1.29 is 59.1 Å². The molecule has 1 fully saturated rings. The van der Waals surface area contributed by atoms with E-state index in [0.29, 0.717) is 0 Å². The van der Waals surface area contributed by atoms with E-state index in [9.17, 15) is 40.5 Å². The Morgan fingerprint density at radius 2 is 1.61 bits per heavy atom. The van der Waals surface area contributed by atoms with Crippen molar-refractivity contribution >= 4 is 11.0 Å². The third-order valence-electron chi connectivity index (χ3n) is 5.77. The van der Waals surface area contributed by atoms with Gasteiger partial charge in [0.25, 0.3) is 0 Å². The second kappa shape index (κ2) is 9.72. The number of hydrogen-bond acceptors (Lipinski definition) is 13. The van der Waals surface area contributed by atoms with Crippen LogP contribution in [0.2, 0.25) is 0 Å². The summed E-state index contributed by atoms with van der Waals surface area (Å²) in [6, 6.07) is 4.58. The zero-order chi connectivity index (χ0) is 26.3. The molecular weight excluding hydrogens is 484 g/mol. The van der Waals surface area contributed by atoms with Crippen molar-refractivity contribution in [2.45, 2.75) is 30.7 Å². The first kappa shape index (κ1) is 25.3. The maximum Gasteiger partial charge on any atom is 0.239 e. The number of aromatic hydroxyl groups is 3. The van der Waals surface area contributed by atoms with Gasteiger partial charge in [0.1, 0.15) is 35.6 Å². The first-order chi connectivity index (χ1) is 17.1. The highest BCUT2D eigenvalue weighted by molar-refractivity contribution is 5.93. The fourth-order valence-corrected chi connectivity index (χ4v) is 3.87. The minimum atomic E-state index is -1.86. The number of aliphatic hydroxyl groups is 4. The highest BCUT2D eigenvalue weighted by Gasteiger charge is 2.45. The van der Waals surface area contributed by atoms with Crippen molar-refractivity contribution in [3.63, 3.8) is 0 Å². The van der Waals surface area contributed by atoms with Gasteiger partial charge in [0, 0.05) is 11.6 Å². The number of rotatable bonds is 6. The number of methoxy groups -OCH3 is 2. The van der Waals surface area contributed by atoms with E-state index < -0.39 is 65.7 Å². The van der Waals surface area contributed by atoms with Crippen LogP contribution in [0.15, 0.2) is 33.5 Å². The van der Waals surface area contributed by atoms with Gasteiger partial charge in [-0.2, -0.15) is 0 Å². The molecule has 2 aromatic carbocycles. The number of benzene rings is 2. The van der Waals surface area contributed by atoms with Crippen molar-refractivity contribution in [3.8, 4) is 45.8 Å². The second-order valence-electron chi connectivity index (χ2n) is 7.94. The van der Waals surface area contributed by atoms with Crippen molar-refractivity contribution in [2.24, 2.45) is 0 Å². The first-order valence-corrected chi connectivity index (χ1v) is 10.6. The molecule has 0 bridgehead atoms. The zero-order valence-electron chi connectivity index (χ0n) is 19.0. The molecule has 2 unspecified atom stereocenters. The third-order valence-corrected chi connectivity index (χ3v) is 5.77. The lowest BCUT2D eigenvalue weighted by molar-refractivity contribution is -0.277. The molecule has 0 aliphatic carbocycles. The second-order valence-corrected chi connectivity index (χ2v) is 7.94. The smallest absolute Gasteiger partial charge is 0.239 e. The normalized spacial score (nSPS) is 24.0. The largest absolute Gasteiger partial charge is 0.507 e. The van der Waals surface area contributed by atoms with Crippen LogP contribution in [0.1, 0.15) is 0 Å². The van der Waals surface area contributed by atoms with Crippen LogP contribution in [-0.4, -0.2) is 87.3 Å². The third kappa shape index (κ3) is 4.12. The summed E-state index contributed by atoms with van der Waals surface area (Å²) < 4.78 is 27.3. The molecule has 1 aliphatic heterocycles. The summed E-state index contributed by atoms with van der Waals surface area (Å²) in [6.45, 7) is -0.742. The lowest BCUT2D eigenvalue weighted by Gasteiger charge is -2.39. The van der Waals surface area contributed by atoms with Crippen molar-refractivity contribution in [1.82, 2.24) is 0 Å². The van der Waals surface area contributed by atoms with Gasteiger partial charge in [-0.25, -0.2) is 0 Å². The van der Waals surface area contributed by atoms with Gasteiger partial charge < -0.3 is 59.1 Å². The fraction of sp³-hybridized carbons (Fsp3) is 0.348. The van der Waals surface area contributed by atoms with Gasteiger partial charge in [0.05, 0.1) is 20.8 Å². The van der Waals surface area contributed by atoms with Crippen molar-refractivity contribution in [1.29, 1.82) is 0 Å². The van der Waals surface area contributed by atoms with Gasteiger partial charge in [0.15, 0.2) is 28.6 Å². The summed E-state index contributed by atoms with van der Waals surface area (Å²) in [4.78, 5) is 13.6. The average molecular weight is 508 g/mol. The Labute approximate surface area is 202 Å². The number of aliphatic hydroxyl groups excluding tert-OH is 4. The summed E-state index contributed by atoms with van der Waals surface area (Å²) in [7, 11) is 2.58. The molecule has 3 aromatic rings. The van der Waals surface area contributed by atoms with Gasteiger partial charge in [-0.3, -0.25) is 4.79 Å². The van der Waals surface area contributed by atoms with Gasteiger partial charge in [-0.15, -0.1) is 0 Å². The molecule has 1 aromatic heterocycles. The zero-order valence-corrected chi connectivity index (χ0v) is 19.0. The summed E-state index contributed by atoms with van der Waals surface area (Å²) in [5, 5.41) is 69.9. The molecule has 0 spiro atoms. The van der Waals surface area contributed by atoms with E-state index in [2.05, 4.69) is 0 Å². The van der Waals surface area contributed by atoms with E-state index in [-0.39, 0.29) is 33.8 Å². The van der Waals surface area contributed by atoms with Gasteiger partial charge in [-0.1, -0.05) is 0 Å². The standard InChI is InChI=1S/C23H24O13/c1-32-12-6-11(27)14-16(29)22(36-23-18(31)17(30)15(28)13(7-24)34-23)19(35-21(14)20(12)33-2)8-3-4-9(25)10(26)5-8/h3-6,13,15,17-18,23-28,30-31H,7H2,1-2H3/t13-,15-,17?,18?,23+/m1/s1. The molecule has 1 aliphatic rings. The summed E-state index contributed by atoms with van der Waals surface area (Å²) in [5.74, 6) is -2.57. The van der Waals surface area contributed by atoms with E-state index in [0.717, 1.165) is 18.2 Å². The van der Waals surface area contributed by atoms with E-state index in [1.54, 1.807) is 0 Å². The minimum Gasteiger partial charge on any atom is -0.507 e. The van der Waals surface area contributed by atoms with Crippen molar-refractivity contribution in [3.05, 3.63) is 34.5 Å². The van der Waals surface area contributed by atoms with E-state index >= 15 is 0 Å². The minimum absolute atomic E-state index is 0.0215. The highest BCUT2D eigenvalue weighted by Crippen LogP contribution is 2.44. The van der Waals surface area contributed by atoms with Crippen LogP contribution in [0, 0.1) is 0 Å². The Morgan fingerprint density at radius 3 is 2.22 bits per heavy atom. The lowest BCUT2D eigenvalue weighted by Crippen LogP contribution is -2.60. The first-order valence-electron chi connectivity index (χ1n) is 10.6. The SMILES string of the molecule is COc1cc(O)c2c(=O)c(O[C@@H]3O[C@H](CO)[C@@H](O)C(O)C3O)c(-c3ccc(O)c(O)c3)oc2c1OC. The quantitative estimate of drug-likeness (QED) is 0.215. The summed E-state index contributed by atoms with van der Waals surface area (Å²) in [5.41, 5.74) is -1.19. The van der Waals surface area contributed by atoms with Crippen LogP contribution >= 0.6 is 0 Å². The molecule has 36 heavy (non-hydrogen) atoms. The maximum atomic E-state index is 13.6. The molecule has 2 heterocycles. The van der Waals surface area contributed by atoms with Crippen LogP contribution < -0.4 is 19.6 Å². The molecule has 0 amide bonds. The predicted molar refractivity (Wildman–Crippen MR) is 120 cm³/mol. The Morgan fingerprint density at radius 1 is 0.889 bits per heavy atom. The maximum absolute atomic E-state index is 13.6. The van der Waals surface area contributed by atoms with Crippen LogP contribution in [-0.2, 0) is 4.74 Å². The molecule has 1 saturated heterocycles. The van der Waals surface area contributed by atoms with Crippen LogP contribution in [0.4, 0.5) is 0 Å². The number of ether oxygens (including phenoxy) is 4. The summed E-state index contributed by atoms with van der Waals surface area (Å²) in [6.07, 6.45) is -8.44. The topological polar surface area (TPSA) is 209 Å². The Bertz CT molecular complexity index is 1330. The fourth-order valence-electron chi connectivity index (χ4n) is 3.87. The Hall–Kier alpha value is -3.75. The number of phenolic OH excluding ortho intramolecular Hbond substituents is 3. The Balaban J connectivity index is 1.98. The number of hydrogen-bond donors (Lipinski definition) is 7. The Kier molecular flexibility index (Phi) is 6.84. The van der Waals surface area contributed by atoms with Gasteiger partial charge in [-0.05, 0) is 18.2 Å². The van der Waals surface area contributed by atoms with E-state index in [1.165, 1.54) is 20.3 Å². The van der Waals surface area contributed by atoms with Gasteiger partial charge in [0.2, 0.25) is 23.2 Å². The molecule has 0 radical (unpaired) electrons. The molecule has 4 rings (SSSR count). The summed E-state index contributed by atoms with van der Waals surface area (Å²) >= 11 is 0. The van der Waals surface area contributed by atoms with Crippen LogP contribution in [0.5, 0.6) is 34.5 Å². The van der Waals surface area contributed by atoms with E-state index in [1.807, 2.05) is 0 Å². The molecule has 7 N–H and O–H groups in total. The monoisotopic (exact) mass is 508 g/mol. The molecule has 13 nitrogen and oxygen atoms in total. The predicted octanol–water partition coefficient (Wildman–Crippen LogP) is -0.227. The molecule has 194 valence electrons. The molecule has 5 atom stereocenters. The van der Waals surface area contributed by atoms with Gasteiger partial charge >= 0.3 is 0 Å². The van der Waals surface area contributed by atoms with Crippen molar-refractivity contribution in [2.75, 3.05) is 20.8 Å². The molecule has 13 heteroatoms. The van der Waals surface area contributed by atoms with Crippen LogP contribution in [0.3, 0.4) is 0 Å². The molecule has 0 saturated carbocycles. The highest BCUT2D eigenvalue weighted by atomic mass is 16.7. The number of fused-ring (bicyclic) bond motifs is 1. The molecular formula is C23H24O13. The number of phenols is 3. The average Bonchev–Trinajstić information content (AvgIpc) is 2.86. The van der Waals surface area contributed by atoms with E-state index in [4.69, 9.17) is 23.4 Å².